The number of amides is 2. The summed E-state index contributed by atoms with van der Waals surface area (Å²) in [6.07, 6.45) is 0.352. The lowest BCUT2D eigenvalue weighted by molar-refractivity contribution is -0.121. The maximum Gasteiger partial charge on any atom is 0.223 e. The molecule has 0 spiro atoms. The number of carbonyl (C=O) groups excluding carboxylic acids is 2. The maximum absolute atomic E-state index is 13.1. The van der Waals surface area contributed by atoms with Crippen LogP contribution in [0.15, 0.2) is 18.2 Å². The second kappa shape index (κ2) is 6.82. The minimum atomic E-state index is -1.01. The van der Waals surface area contributed by atoms with E-state index < -0.39 is 11.6 Å². The fourth-order valence-electron chi connectivity index (χ4n) is 1.55. The molecule has 0 aliphatic carbocycles. The largest absolute Gasteiger partial charge is 0.354 e. The first-order chi connectivity index (χ1) is 8.95. The lowest BCUT2D eigenvalue weighted by atomic mass is 10.2. The number of anilines is 1. The average Bonchev–Trinajstić information content (AvgIpc) is 2.37. The molecule has 0 aromatic heterocycles. The Labute approximate surface area is 110 Å². The molecular formula is C13H16F2N2O2. The minimum absolute atomic E-state index is 0.131. The van der Waals surface area contributed by atoms with E-state index in [0.29, 0.717) is 6.42 Å². The summed E-state index contributed by atoms with van der Waals surface area (Å²) in [5.41, 5.74) is 0.261. The lowest BCUT2D eigenvalue weighted by Crippen LogP contribution is -2.37. The standard InChI is InChI=1S/C13H16F2N2O2/c1-3-13(19)16-6-7-17(9(2)18)10-4-5-11(14)12(15)8-10/h4-5,8H,3,6-7H2,1-2H3,(H,16,19). The highest BCUT2D eigenvalue weighted by Crippen LogP contribution is 2.17. The van der Waals surface area contributed by atoms with E-state index >= 15 is 0 Å². The van der Waals surface area contributed by atoms with Gasteiger partial charge in [0.15, 0.2) is 11.6 Å². The van der Waals surface area contributed by atoms with Gasteiger partial charge in [0.2, 0.25) is 11.8 Å². The normalized spacial score (nSPS) is 10.1. The summed E-state index contributed by atoms with van der Waals surface area (Å²) in [7, 11) is 0. The second-order valence-corrected chi connectivity index (χ2v) is 3.97. The van der Waals surface area contributed by atoms with Gasteiger partial charge < -0.3 is 10.2 Å². The number of hydrogen-bond donors (Lipinski definition) is 1. The molecule has 0 atom stereocenters. The van der Waals surface area contributed by atoms with Crippen molar-refractivity contribution in [1.29, 1.82) is 0 Å². The first-order valence-corrected chi connectivity index (χ1v) is 5.95. The van der Waals surface area contributed by atoms with Gasteiger partial charge in [-0.3, -0.25) is 9.59 Å². The zero-order chi connectivity index (χ0) is 14.4. The number of benzene rings is 1. The van der Waals surface area contributed by atoms with Crippen LogP contribution in [-0.4, -0.2) is 24.9 Å². The smallest absolute Gasteiger partial charge is 0.223 e. The Kier molecular flexibility index (Phi) is 5.41. The summed E-state index contributed by atoms with van der Waals surface area (Å²) in [5, 5.41) is 2.61. The molecule has 104 valence electrons. The maximum atomic E-state index is 13.1. The monoisotopic (exact) mass is 270 g/mol. The molecule has 0 aliphatic rings. The molecule has 1 rings (SSSR count). The molecule has 0 bridgehead atoms. The summed E-state index contributed by atoms with van der Waals surface area (Å²) in [6.45, 7) is 3.49. The Morgan fingerprint density at radius 1 is 1.26 bits per heavy atom. The topological polar surface area (TPSA) is 49.4 Å². The van der Waals surface area contributed by atoms with E-state index in [1.165, 1.54) is 17.9 Å². The SMILES string of the molecule is CCC(=O)NCCN(C(C)=O)c1ccc(F)c(F)c1. The number of nitrogens with zero attached hydrogens (tertiary/aromatic N) is 1. The van der Waals surface area contributed by atoms with Crippen LogP contribution in [0.3, 0.4) is 0 Å². The summed E-state index contributed by atoms with van der Waals surface area (Å²) in [4.78, 5) is 23.8. The van der Waals surface area contributed by atoms with Crippen molar-refractivity contribution in [3.63, 3.8) is 0 Å². The predicted molar refractivity (Wildman–Crippen MR) is 67.7 cm³/mol. The van der Waals surface area contributed by atoms with Crippen molar-refractivity contribution < 1.29 is 18.4 Å². The third-order valence-electron chi connectivity index (χ3n) is 2.57. The number of halogens is 2. The van der Waals surface area contributed by atoms with Gasteiger partial charge in [-0.15, -0.1) is 0 Å². The summed E-state index contributed by atoms with van der Waals surface area (Å²) < 4.78 is 26.0. The quantitative estimate of drug-likeness (QED) is 0.887. The van der Waals surface area contributed by atoms with Crippen molar-refractivity contribution in [3.05, 3.63) is 29.8 Å². The lowest BCUT2D eigenvalue weighted by Gasteiger charge is -2.21. The van der Waals surface area contributed by atoms with Crippen molar-refractivity contribution >= 4 is 17.5 Å². The van der Waals surface area contributed by atoms with E-state index in [2.05, 4.69) is 5.32 Å². The first-order valence-electron chi connectivity index (χ1n) is 5.95. The van der Waals surface area contributed by atoms with Crippen LogP contribution < -0.4 is 10.2 Å². The molecule has 0 saturated heterocycles. The van der Waals surface area contributed by atoms with Gasteiger partial charge in [0.1, 0.15) is 0 Å². The third kappa shape index (κ3) is 4.31. The Bertz CT molecular complexity index is 478. The highest BCUT2D eigenvalue weighted by Gasteiger charge is 2.13. The summed E-state index contributed by atoms with van der Waals surface area (Å²) in [6, 6.07) is 3.24. The molecular weight excluding hydrogens is 254 g/mol. The number of rotatable bonds is 5. The number of nitrogens with one attached hydrogen (secondary N) is 1. The van der Waals surface area contributed by atoms with Gasteiger partial charge in [0, 0.05) is 38.2 Å². The van der Waals surface area contributed by atoms with Gasteiger partial charge in [0.05, 0.1) is 0 Å². The Morgan fingerprint density at radius 3 is 2.47 bits per heavy atom. The van der Waals surface area contributed by atoms with Crippen molar-refractivity contribution in [3.8, 4) is 0 Å². The number of hydrogen-bond acceptors (Lipinski definition) is 2. The zero-order valence-electron chi connectivity index (χ0n) is 10.9. The summed E-state index contributed by atoms with van der Waals surface area (Å²) >= 11 is 0. The van der Waals surface area contributed by atoms with Crippen LogP contribution in [0, 0.1) is 11.6 Å². The van der Waals surface area contributed by atoms with Gasteiger partial charge in [-0.25, -0.2) is 8.78 Å². The highest BCUT2D eigenvalue weighted by atomic mass is 19.2. The first kappa shape index (κ1) is 15.1. The molecule has 0 heterocycles. The molecule has 19 heavy (non-hydrogen) atoms. The van der Waals surface area contributed by atoms with Crippen molar-refractivity contribution in [2.75, 3.05) is 18.0 Å². The fraction of sp³-hybridized carbons (Fsp3) is 0.385. The molecule has 6 heteroatoms. The Morgan fingerprint density at radius 2 is 1.95 bits per heavy atom. The van der Waals surface area contributed by atoms with E-state index in [4.69, 9.17) is 0 Å². The van der Waals surface area contributed by atoms with Crippen molar-refractivity contribution in [1.82, 2.24) is 5.32 Å². The molecule has 0 unspecified atom stereocenters. The highest BCUT2D eigenvalue weighted by molar-refractivity contribution is 5.91. The molecule has 0 radical (unpaired) electrons. The zero-order valence-corrected chi connectivity index (χ0v) is 10.9. The van der Waals surface area contributed by atoms with Crippen LogP contribution in [-0.2, 0) is 9.59 Å². The van der Waals surface area contributed by atoms with Crippen LogP contribution in [0.1, 0.15) is 20.3 Å². The van der Waals surface area contributed by atoms with Crippen LogP contribution in [0.2, 0.25) is 0 Å². The molecule has 1 N–H and O–H groups in total. The van der Waals surface area contributed by atoms with Crippen LogP contribution in [0.25, 0.3) is 0 Å². The molecule has 0 fully saturated rings. The molecule has 2 amide bonds. The number of carbonyl (C=O) groups is 2. The molecule has 1 aromatic carbocycles. The Balaban J connectivity index is 2.74. The van der Waals surface area contributed by atoms with Crippen molar-refractivity contribution in [2.24, 2.45) is 0 Å². The second-order valence-electron chi connectivity index (χ2n) is 3.97. The minimum Gasteiger partial charge on any atom is -0.354 e. The van der Waals surface area contributed by atoms with Gasteiger partial charge >= 0.3 is 0 Å². The van der Waals surface area contributed by atoms with E-state index in [1.54, 1.807) is 6.92 Å². The average molecular weight is 270 g/mol. The Hall–Kier alpha value is -1.98. The van der Waals surface area contributed by atoms with E-state index in [1.807, 2.05) is 0 Å². The van der Waals surface area contributed by atoms with Gasteiger partial charge in [-0.1, -0.05) is 6.92 Å². The van der Waals surface area contributed by atoms with Crippen LogP contribution in [0.5, 0.6) is 0 Å². The molecule has 1 aromatic rings. The predicted octanol–water partition coefficient (Wildman–Crippen LogP) is 1.84. The van der Waals surface area contributed by atoms with Crippen LogP contribution in [0.4, 0.5) is 14.5 Å². The van der Waals surface area contributed by atoms with Gasteiger partial charge in [-0.05, 0) is 12.1 Å². The van der Waals surface area contributed by atoms with E-state index in [9.17, 15) is 18.4 Å². The third-order valence-corrected chi connectivity index (χ3v) is 2.57. The molecule has 4 nitrogen and oxygen atoms in total. The van der Waals surface area contributed by atoms with Gasteiger partial charge in [-0.2, -0.15) is 0 Å². The fourth-order valence-corrected chi connectivity index (χ4v) is 1.55. The molecule has 0 saturated carbocycles. The van der Waals surface area contributed by atoms with Crippen LogP contribution >= 0.6 is 0 Å². The summed E-state index contributed by atoms with van der Waals surface area (Å²) in [5.74, 6) is -2.42. The van der Waals surface area contributed by atoms with E-state index in [0.717, 1.165) is 12.1 Å². The van der Waals surface area contributed by atoms with Crippen molar-refractivity contribution in [2.45, 2.75) is 20.3 Å². The van der Waals surface area contributed by atoms with Gasteiger partial charge in [0.25, 0.3) is 0 Å². The van der Waals surface area contributed by atoms with E-state index in [-0.39, 0.29) is 30.6 Å². The molecule has 0 aliphatic heterocycles.